The summed E-state index contributed by atoms with van der Waals surface area (Å²) in [5.41, 5.74) is 1.16. The third-order valence-corrected chi connectivity index (χ3v) is 3.69. The van der Waals surface area contributed by atoms with Crippen LogP contribution < -0.4 is 4.74 Å². The predicted molar refractivity (Wildman–Crippen MR) is 70.1 cm³/mol. The second kappa shape index (κ2) is 4.63. The van der Waals surface area contributed by atoms with Crippen molar-refractivity contribution in [1.82, 2.24) is 0 Å². The van der Waals surface area contributed by atoms with Gasteiger partial charge < -0.3 is 9.84 Å². The van der Waals surface area contributed by atoms with Crippen LogP contribution in [0.1, 0.15) is 44.2 Å². The lowest BCUT2D eigenvalue weighted by Crippen LogP contribution is -2.43. The van der Waals surface area contributed by atoms with Gasteiger partial charge in [-0.3, -0.25) is 4.79 Å². The van der Waals surface area contributed by atoms with Crippen LogP contribution in [-0.2, 0) is 10.2 Å². The van der Waals surface area contributed by atoms with E-state index in [2.05, 4.69) is 0 Å². The zero-order valence-corrected chi connectivity index (χ0v) is 11.2. The molecule has 0 spiro atoms. The van der Waals surface area contributed by atoms with Gasteiger partial charge in [0.2, 0.25) is 0 Å². The molecule has 1 aromatic carbocycles. The highest BCUT2D eigenvalue weighted by molar-refractivity contribution is 5.84. The number of ether oxygens (including phenoxy) is 1. The second-order valence-electron chi connectivity index (χ2n) is 5.36. The van der Waals surface area contributed by atoms with Crippen molar-refractivity contribution >= 4 is 5.97 Å². The second-order valence-corrected chi connectivity index (χ2v) is 5.36. The fourth-order valence-electron chi connectivity index (χ4n) is 2.71. The van der Waals surface area contributed by atoms with Gasteiger partial charge in [0.05, 0.1) is 11.5 Å². The van der Waals surface area contributed by atoms with Crippen LogP contribution in [-0.4, -0.2) is 17.2 Å². The first-order valence-corrected chi connectivity index (χ1v) is 6.47. The Morgan fingerprint density at radius 3 is 2.50 bits per heavy atom. The lowest BCUT2D eigenvalue weighted by molar-refractivity contribution is -0.147. The van der Waals surface area contributed by atoms with Crippen molar-refractivity contribution in [3.63, 3.8) is 0 Å². The number of rotatable bonds is 4. The molecule has 0 bridgehead atoms. The molecular formula is C15H20O3. The van der Waals surface area contributed by atoms with Crippen LogP contribution in [0.3, 0.4) is 0 Å². The summed E-state index contributed by atoms with van der Waals surface area (Å²) in [4.78, 5) is 11.6. The molecule has 0 aromatic heterocycles. The minimum atomic E-state index is -0.727. The van der Waals surface area contributed by atoms with E-state index in [9.17, 15) is 9.90 Å². The summed E-state index contributed by atoms with van der Waals surface area (Å²) < 4.78 is 5.79. The van der Waals surface area contributed by atoms with Crippen LogP contribution >= 0.6 is 0 Å². The highest BCUT2D eigenvalue weighted by atomic mass is 16.5. The highest BCUT2D eigenvalue weighted by Gasteiger charge is 2.48. The summed E-state index contributed by atoms with van der Waals surface area (Å²) in [5, 5.41) is 9.56. The molecule has 1 aromatic rings. The van der Waals surface area contributed by atoms with E-state index in [1.165, 1.54) is 0 Å². The van der Waals surface area contributed by atoms with E-state index in [4.69, 9.17) is 4.74 Å². The number of carbonyl (C=O) groups is 1. The minimum Gasteiger partial charge on any atom is -0.491 e. The lowest BCUT2D eigenvalue weighted by Gasteiger charge is -2.40. The molecule has 1 N–H and O–H groups in total. The van der Waals surface area contributed by atoms with Gasteiger partial charge in [-0.05, 0) is 45.2 Å². The van der Waals surface area contributed by atoms with E-state index in [1.54, 1.807) is 0 Å². The molecule has 1 aliphatic carbocycles. The molecule has 0 heterocycles. The van der Waals surface area contributed by atoms with Crippen LogP contribution in [0.5, 0.6) is 5.75 Å². The van der Waals surface area contributed by atoms with Crippen molar-refractivity contribution in [1.29, 1.82) is 0 Å². The minimum absolute atomic E-state index is 0.0523. The largest absolute Gasteiger partial charge is 0.491 e. The Balaban J connectivity index is 2.51. The summed E-state index contributed by atoms with van der Waals surface area (Å²) in [6.45, 7) is 5.88. The molecule has 18 heavy (non-hydrogen) atoms. The Morgan fingerprint density at radius 1 is 1.39 bits per heavy atom. The van der Waals surface area contributed by atoms with E-state index < -0.39 is 11.4 Å². The maximum Gasteiger partial charge on any atom is 0.314 e. The lowest BCUT2D eigenvalue weighted by atomic mass is 9.63. The number of aryl methyl sites for hydroxylation is 1. The average molecular weight is 248 g/mol. The van der Waals surface area contributed by atoms with Crippen LogP contribution in [0.2, 0.25) is 0 Å². The Labute approximate surface area is 108 Å². The Bertz CT molecular complexity index is 459. The standard InChI is InChI=1S/C15H20O3/c1-10(2)18-12-7-4-6-11(3)13(12)15(14(16)17)8-5-9-15/h4,6-7,10H,5,8-9H2,1-3H3,(H,16,17). The van der Waals surface area contributed by atoms with Gasteiger partial charge in [-0.15, -0.1) is 0 Å². The van der Waals surface area contributed by atoms with Crippen LogP contribution in [0, 0.1) is 6.92 Å². The topological polar surface area (TPSA) is 46.5 Å². The summed E-state index contributed by atoms with van der Waals surface area (Å²) in [7, 11) is 0. The Kier molecular flexibility index (Phi) is 3.33. The summed E-state index contributed by atoms with van der Waals surface area (Å²) in [6, 6.07) is 5.77. The van der Waals surface area contributed by atoms with Crippen molar-refractivity contribution in [2.75, 3.05) is 0 Å². The van der Waals surface area contributed by atoms with Gasteiger partial charge in [-0.25, -0.2) is 0 Å². The Hall–Kier alpha value is -1.51. The molecule has 0 aliphatic heterocycles. The van der Waals surface area contributed by atoms with Gasteiger partial charge in [0, 0.05) is 5.56 Å². The zero-order chi connectivity index (χ0) is 13.3. The van der Waals surface area contributed by atoms with Crippen LogP contribution in [0.15, 0.2) is 18.2 Å². The van der Waals surface area contributed by atoms with Gasteiger partial charge in [-0.2, -0.15) is 0 Å². The Morgan fingerprint density at radius 2 is 2.06 bits per heavy atom. The van der Waals surface area contributed by atoms with Crippen LogP contribution in [0.4, 0.5) is 0 Å². The number of carboxylic acid groups (broad SMARTS) is 1. The van der Waals surface area contributed by atoms with Gasteiger partial charge in [-0.1, -0.05) is 18.6 Å². The molecule has 1 aliphatic rings. The number of benzene rings is 1. The number of hydrogen-bond acceptors (Lipinski definition) is 2. The molecule has 0 radical (unpaired) electrons. The van der Waals surface area contributed by atoms with E-state index in [-0.39, 0.29) is 6.10 Å². The zero-order valence-electron chi connectivity index (χ0n) is 11.2. The average Bonchev–Trinajstić information content (AvgIpc) is 2.19. The van der Waals surface area contributed by atoms with E-state index in [0.29, 0.717) is 12.8 Å². The van der Waals surface area contributed by atoms with Crippen molar-refractivity contribution in [3.8, 4) is 5.75 Å². The maximum absolute atomic E-state index is 11.6. The molecule has 0 amide bonds. The molecular weight excluding hydrogens is 228 g/mol. The molecule has 2 rings (SSSR count). The van der Waals surface area contributed by atoms with Gasteiger partial charge >= 0.3 is 5.97 Å². The fraction of sp³-hybridized carbons (Fsp3) is 0.533. The smallest absolute Gasteiger partial charge is 0.314 e. The van der Waals surface area contributed by atoms with E-state index >= 15 is 0 Å². The molecule has 0 atom stereocenters. The van der Waals surface area contributed by atoms with Crippen molar-refractivity contribution in [2.45, 2.75) is 51.6 Å². The summed E-state index contributed by atoms with van der Waals surface area (Å²) in [6.07, 6.45) is 2.45. The first-order valence-electron chi connectivity index (χ1n) is 6.47. The quantitative estimate of drug-likeness (QED) is 0.889. The predicted octanol–water partition coefficient (Wildman–Crippen LogP) is 3.29. The van der Waals surface area contributed by atoms with Gasteiger partial charge in [0.15, 0.2) is 0 Å². The molecule has 0 saturated heterocycles. The number of hydrogen-bond donors (Lipinski definition) is 1. The summed E-state index contributed by atoms with van der Waals surface area (Å²) in [5.74, 6) is 0.00348. The first kappa shape index (κ1) is 12.9. The molecule has 3 nitrogen and oxygen atoms in total. The third kappa shape index (κ3) is 1.98. The van der Waals surface area contributed by atoms with Crippen molar-refractivity contribution in [2.24, 2.45) is 0 Å². The van der Waals surface area contributed by atoms with E-state index in [1.807, 2.05) is 39.0 Å². The van der Waals surface area contributed by atoms with Crippen molar-refractivity contribution in [3.05, 3.63) is 29.3 Å². The molecule has 1 fully saturated rings. The highest BCUT2D eigenvalue weighted by Crippen LogP contribution is 2.48. The first-order chi connectivity index (χ1) is 8.47. The summed E-state index contributed by atoms with van der Waals surface area (Å²) >= 11 is 0. The molecule has 3 heteroatoms. The van der Waals surface area contributed by atoms with Gasteiger partial charge in [0.1, 0.15) is 5.75 Å². The van der Waals surface area contributed by atoms with Crippen LogP contribution in [0.25, 0.3) is 0 Å². The fourth-order valence-corrected chi connectivity index (χ4v) is 2.71. The third-order valence-electron chi connectivity index (χ3n) is 3.69. The number of aliphatic carboxylic acids is 1. The molecule has 1 saturated carbocycles. The monoisotopic (exact) mass is 248 g/mol. The van der Waals surface area contributed by atoms with Gasteiger partial charge in [0.25, 0.3) is 0 Å². The van der Waals surface area contributed by atoms with E-state index in [0.717, 1.165) is 23.3 Å². The normalized spacial score (nSPS) is 17.3. The maximum atomic E-state index is 11.6. The van der Waals surface area contributed by atoms with Crippen molar-refractivity contribution < 1.29 is 14.6 Å². The molecule has 98 valence electrons. The molecule has 0 unspecified atom stereocenters. The number of carboxylic acids is 1. The SMILES string of the molecule is Cc1cccc(OC(C)C)c1C1(C(=O)O)CCC1.